The molecule has 0 amide bonds. The molecular formula is C12H14IN. The van der Waals surface area contributed by atoms with Crippen LogP contribution in [0.3, 0.4) is 0 Å². The molecule has 0 aliphatic carbocycles. The predicted octanol–water partition coefficient (Wildman–Crippen LogP) is 3.47. The van der Waals surface area contributed by atoms with Gasteiger partial charge in [-0.2, -0.15) is 0 Å². The third-order valence-corrected chi connectivity index (χ3v) is 2.80. The van der Waals surface area contributed by atoms with Crippen molar-refractivity contribution in [2.45, 2.75) is 0 Å². The number of hydrogen-bond acceptors (Lipinski definition) is 1. The number of nitrogens with zero attached hydrogens (tertiary/aromatic N) is 1. The van der Waals surface area contributed by atoms with Crippen molar-refractivity contribution in [2.24, 2.45) is 0 Å². The minimum Gasteiger partial charge on any atom is -0.363 e. The topological polar surface area (TPSA) is 3.24 Å². The number of rotatable bonds is 5. The summed E-state index contributed by atoms with van der Waals surface area (Å²) in [5.74, 6) is 0. The highest BCUT2D eigenvalue weighted by molar-refractivity contribution is 14.1. The second-order valence-corrected chi connectivity index (χ2v) is 4.10. The Kier molecular flexibility index (Phi) is 4.73. The molecule has 0 saturated heterocycles. The van der Waals surface area contributed by atoms with E-state index >= 15 is 0 Å². The normalized spacial score (nSPS) is 9.50. The molecule has 0 bridgehead atoms. The summed E-state index contributed by atoms with van der Waals surface area (Å²) in [6.45, 7) is 9.23. The van der Waals surface area contributed by atoms with Crippen LogP contribution in [0.25, 0.3) is 0 Å². The van der Waals surface area contributed by atoms with Crippen LogP contribution < -0.4 is 4.90 Å². The van der Waals surface area contributed by atoms with Gasteiger partial charge in [-0.25, -0.2) is 0 Å². The SMILES string of the molecule is C=CCN(CC=C)c1ccccc1I. The number of hydrogen-bond donors (Lipinski definition) is 0. The van der Waals surface area contributed by atoms with Crippen molar-refractivity contribution >= 4 is 28.3 Å². The van der Waals surface area contributed by atoms with Crippen molar-refractivity contribution in [1.82, 2.24) is 0 Å². The monoisotopic (exact) mass is 299 g/mol. The van der Waals surface area contributed by atoms with Crippen LogP contribution in [0.15, 0.2) is 49.6 Å². The van der Waals surface area contributed by atoms with E-state index in [1.54, 1.807) is 0 Å². The third-order valence-electron chi connectivity index (χ3n) is 1.89. The molecule has 0 spiro atoms. The average molecular weight is 299 g/mol. The molecular weight excluding hydrogens is 285 g/mol. The molecule has 0 fully saturated rings. The first-order valence-corrected chi connectivity index (χ1v) is 5.58. The van der Waals surface area contributed by atoms with Crippen molar-refractivity contribution in [2.75, 3.05) is 18.0 Å². The number of halogens is 1. The Hall–Kier alpha value is -0.770. The molecule has 0 aliphatic heterocycles. The molecule has 1 nitrogen and oxygen atoms in total. The zero-order chi connectivity index (χ0) is 10.4. The second kappa shape index (κ2) is 5.86. The molecule has 0 aliphatic rings. The lowest BCUT2D eigenvalue weighted by molar-refractivity contribution is 0.953. The lowest BCUT2D eigenvalue weighted by Gasteiger charge is -2.22. The van der Waals surface area contributed by atoms with E-state index in [1.165, 1.54) is 9.26 Å². The van der Waals surface area contributed by atoms with Gasteiger partial charge in [-0.05, 0) is 34.7 Å². The van der Waals surface area contributed by atoms with Crippen molar-refractivity contribution in [3.05, 3.63) is 53.1 Å². The molecule has 14 heavy (non-hydrogen) atoms. The molecule has 0 unspecified atom stereocenters. The van der Waals surface area contributed by atoms with E-state index in [0.717, 1.165) is 13.1 Å². The molecule has 0 saturated carbocycles. The standard InChI is InChI=1S/C12H14IN/c1-3-9-14(10-4-2)12-8-6-5-7-11(12)13/h3-8H,1-2,9-10H2. The van der Waals surface area contributed by atoms with Gasteiger partial charge in [-0.3, -0.25) is 0 Å². The van der Waals surface area contributed by atoms with Gasteiger partial charge >= 0.3 is 0 Å². The average Bonchev–Trinajstić information content (AvgIpc) is 2.18. The molecule has 0 N–H and O–H groups in total. The molecule has 1 aromatic carbocycles. The van der Waals surface area contributed by atoms with Gasteiger partial charge in [0.05, 0.1) is 5.69 Å². The molecule has 0 radical (unpaired) electrons. The Morgan fingerprint density at radius 2 is 1.71 bits per heavy atom. The molecule has 0 aromatic heterocycles. The Morgan fingerprint density at radius 1 is 1.14 bits per heavy atom. The van der Waals surface area contributed by atoms with E-state index in [2.05, 4.69) is 58.8 Å². The summed E-state index contributed by atoms with van der Waals surface area (Å²) in [5, 5.41) is 0. The number of para-hydroxylation sites is 1. The van der Waals surface area contributed by atoms with Crippen molar-refractivity contribution < 1.29 is 0 Å². The molecule has 74 valence electrons. The van der Waals surface area contributed by atoms with Gasteiger partial charge in [0.1, 0.15) is 0 Å². The van der Waals surface area contributed by atoms with Gasteiger partial charge in [-0.15, -0.1) is 13.2 Å². The maximum Gasteiger partial charge on any atom is 0.0507 e. The number of anilines is 1. The van der Waals surface area contributed by atoms with Gasteiger partial charge in [0.15, 0.2) is 0 Å². The van der Waals surface area contributed by atoms with E-state index in [4.69, 9.17) is 0 Å². The lowest BCUT2D eigenvalue weighted by Crippen LogP contribution is -2.23. The summed E-state index contributed by atoms with van der Waals surface area (Å²) in [4.78, 5) is 2.24. The summed E-state index contributed by atoms with van der Waals surface area (Å²) in [6, 6.07) is 8.33. The molecule has 2 heteroatoms. The van der Waals surface area contributed by atoms with E-state index in [1.807, 2.05) is 18.2 Å². The Morgan fingerprint density at radius 3 is 2.21 bits per heavy atom. The Bertz CT molecular complexity index is 310. The lowest BCUT2D eigenvalue weighted by atomic mass is 10.3. The first-order chi connectivity index (χ1) is 6.79. The van der Waals surface area contributed by atoms with Crippen LogP contribution in [0.5, 0.6) is 0 Å². The van der Waals surface area contributed by atoms with Crippen LogP contribution in [-0.2, 0) is 0 Å². The summed E-state index contributed by atoms with van der Waals surface area (Å²) < 4.78 is 1.26. The highest BCUT2D eigenvalue weighted by atomic mass is 127. The molecule has 1 rings (SSSR count). The fourth-order valence-corrected chi connectivity index (χ4v) is 2.02. The molecule has 0 atom stereocenters. The fraction of sp³-hybridized carbons (Fsp3) is 0.167. The van der Waals surface area contributed by atoms with Gasteiger partial charge in [-0.1, -0.05) is 24.3 Å². The minimum absolute atomic E-state index is 0.853. The zero-order valence-electron chi connectivity index (χ0n) is 8.12. The van der Waals surface area contributed by atoms with Crippen molar-refractivity contribution in [3.63, 3.8) is 0 Å². The summed E-state index contributed by atoms with van der Waals surface area (Å²) in [6.07, 6.45) is 3.82. The van der Waals surface area contributed by atoms with Gasteiger partial charge in [0, 0.05) is 16.7 Å². The Balaban J connectivity index is 2.91. The predicted molar refractivity (Wildman–Crippen MR) is 71.8 cm³/mol. The van der Waals surface area contributed by atoms with E-state index in [0.29, 0.717) is 0 Å². The Labute approximate surface area is 99.3 Å². The van der Waals surface area contributed by atoms with Crippen LogP contribution in [-0.4, -0.2) is 13.1 Å². The van der Waals surface area contributed by atoms with Crippen LogP contribution in [0.1, 0.15) is 0 Å². The van der Waals surface area contributed by atoms with E-state index in [-0.39, 0.29) is 0 Å². The summed E-state index contributed by atoms with van der Waals surface area (Å²) >= 11 is 2.34. The fourth-order valence-electron chi connectivity index (χ4n) is 1.29. The quantitative estimate of drug-likeness (QED) is 0.594. The zero-order valence-corrected chi connectivity index (χ0v) is 10.3. The van der Waals surface area contributed by atoms with Crippen molar-refractivity contribution in [3.8, 4) is 0 Å². The van der Waals surface area contributed by atoms with E-state index < -0.39 is 0 Å². The summed E-state index contributed by atoms with van der Waals surface area (Å²) in [7, 11) is 0. The first-order valence-electron chi connectivity index (χ1n) is 4.51. The van der Waals surface area contributed by atoms with Gasteiger partial charge in [0.25, 0.3) is 0 Å². The highest BCUT2D eigenvalue weighted by Gasteiger charge is 2.05. The van der Waals surface area contributed by atoms with Crippen LogP contribution >= 0.6 is 22.6 Å². The van der Waals surface area contributed by atoms with Gasteiger partial charge in [0.2, 0.25) is 0 Å². The maximum absolute atomic E-state index is 3.76. The van der Waals surface area contributed by atoms with Crippen LogP contribution in [0.4, 0.5) is 5.69 Å². The largest absolute Gasteiger partial charge is 0.363 e. The highest BCUT2D eigenvalue weighted by Crippen LogP contribution is 2.21. The van der Waals surface area contributed by atoms with Crippen molar-refractivity contribution in [1.29, 1.82) is 0 Å². The smallest absolute Gasteiger partial charge is 0.0507 e. The van der Waals surface area contributed by atoms with E-state index in [9.17, 15) is 0 Å². The van der Waals surface area contributed by atoms with Crippen LogP contribution in [0.2, 0.25) is 0 Å². The maximum atomic E-state index is 3.76. The van der Waals surface area contributed by atoms with Gasteiger partial charge < -0.3 is 4.90 Å². The third kappa shape index (κ3) is 2.87. The number of benzene rings is 1. The molecule has 1 aromatic rings. The second-order valence-electron chi connectivity index (χ2n) is 2.93. The molecule has 0 heterocycles. The van der Waals surface area contributed by atoms with Crippen LogP contribution in [0, 0.1) is 3.57 Å². The first kappa shape index (κ1) is 11.3. The minimum atomic E-state index is 0.853. The summed E-state index contributed by atoms with van der Waals surface area (Å²) in [5.41, 5.74) is 1.24.